The average Bonchev–Trinajstić information content (AvgIpc) is 1.77. The maximum absolute atomic E-state index is 8.91. The van der Waals surface area contributed by atoms with Crippen LogP contribution in [0, 0.1) is 3.57 Å². The summed E-state index contributed by atoms with van der Waals surface area (Å²) in [5, 5.41) is 8.91. The molecule has 0 fully saturated rings. The Morgan fingerprint density at radius 1 is 1.22 bits per heavy atom. The molecule has 0 aliphatic heterocycles. The maximum atomic E-state index is 8.91. The maximum Gasteiger partial charge on any atom is 0.128 e. The highest BCUT2D eigenvalue weighted by Crippen LogP contribution is 2.16. The third-order valence-corrected chi connectivity index (χ3v) is 1.76. The van der Waals surface area contributed by atoms with Crippen LogP contribution in [0.15, 0.2) is 24.3 Å². The second kappa shape index (κ2) is 4.00. The molecule has 0 unspecified atom stereocenters. The van der Waals surface area contributed by atoms with Crippen LogP contribution in [0.3, 0.4) is 0 Å². The fraction of sp³-hybridized carbons (Fsp3) is 0. The lowest BCUT2D eigenvalue weighted by molar-refractivity contribution is 0.471. The van der Waals surface area contributed by atoms with Gasteiger partial charge >= 0.3 is 0 Å². The van der Waals surface area contributed by atoms with Crippen LogP contribution in [0.4, 0.5) is 0 Å². The van der Waals surface area contributed by atoms with E-state index in [0.717, 1.165) is 3.57 Å². The Balaban J connectivity index is 0.000000640. The van der Waals surface area contributed by atoms with Crippen molar-refractivity contribution in [2.24, 2.45) is 0 Å². The minimum atomic E-state index is 0. The van der Waals surface area contributed by atoms with E-state index in [2.05, 4.69) is 22.6 Å². The van der Waals surface area contributed by atoms with Gasteiger partial charge in [-0.15, -0.1) is 0 Å². The topological polar surface area (TPSA) is 20.2 Å². The van der Waals surface area contributed by atoms with E-state index in [-0.39, 0.29) is 13.5 Å². The fourth-order valence-electron chi connectivity index (χ4n) is 0.452. The van der Waals surface area contributed by atoms with Crippen molar-refractivity contribution >= 4 is 36.1 Å². The monoisotopic (exact) mass is 254 g/mol. The number of benzene rings is 1. The SMILES string of the molecule is Oc1ccccc1I.S. The van der Waals surface area contributed by atoms with Crippen molar-refractivity contribution in [2.45, 2.75) is 0 Å². The summed E-state index contributed by atoms with van der Waals surface area (Å²) in [5.74, 6) is 0.355. The van der Waals surface area contributed by atoms with Crippen molar-refractivity contribution in [2.75, 3.05) is 0 Å². The van der Waals surface area contributed by atoms with Gasteiger partial charge in [-0.3, -0.25) is 0 Å². The highest BCUT2D eigenvalue weighted by atomic mass is 127. The Labute approximate surface area is 74.7 Å². The van der Waals surface area contributed by atoms with E-state index in [1.807, 2.05) is 12.1 Å². The van der Waals surface area contributed by atoms with Crippen LogP contribution < -0.4 is 0 Å². The zero-order chi connectivity index (χ0) is 5.98. The van der Waals surface area contributed by atoms with E-state index < -0.39 is 0 Å². The standard InChI is InChI=1S/C6H5IO.H2S/c7-5-3-1-2-4-6(5)8;/h1-4,8H;1H2. The minimum Gasteiger partial charge on any atom is -0.507 e. The first-order chi connectivity index (χ1) is 3.80. The summed E-state index contributed by atoms with van der Waals surface area (Å²) in [6.07, 6.45) is 0. The molecule has 1 N–H and O–H groups in total. The Bertz CT molecular complexity index is 169. The number of rotatable bonds is 0. The molecular formula is C6H7IOS. The molecule has 0 atom stereocenters. The molecule has 1 nitrogen and oxygen atoms in total. The number of aromatic hydroxyl groups is 1. The Kier molecular flexibility index (Phi) is 4.05. The van der Waals surface area contributed by atoms with Gasteiger partial charge < -0.3 is 5.11 Å². The van der Waals surface area contributed by atoms with Gasteiger partial charge in [0.1, 0.15) is 5.75 Å². The van der Waals surface area contributed by atoms with Gasteiger partial charge in [0.15, 0.2) is 0 Å². The molecule has 9 heavy (non-hydrogen) atoms. The van der Waals surface area contributed by atoms with Gasteiger partial charge in [-0.05, 0) is 34.7 Å². The molecule has 1 rings (SSSR count). The number of halogens is 1. The van der Waals surface area contributed by atoms with E-state index in [0.29, 0.717) is 5.75 Å². The van der Waals surface area contributed by atoms with Crippen molar-refractivity contribution < 1.29 is 5.11 Å². The van der Waals surface area contributed by atoms with Crippen LogP contribution in [-0.4, -0.2) is 5.11 Å². The Morgan fingerprint density at radius 2 is 1.78 bits per heavy atom. The van der Waals surface area contributed by atoms with E-state index in [1.165, 1.54) is 0 Å². The van der Waals surface area contributed by atoms with Crippen LogP contribution in [0.2, 0.25) is 0 Å². The first kappa shape index (κ1) is 9.10. The predicted octanol–water partition coefficient (Wildman–Crippen LogP) is 2.11. The Hall–Kier alpha value is 0.1000. The molecular weight excluding hydrogens is 247 g/mol. The number of phenols is 1. The van der Waals surface area contributed by atoms with Gasteiger partial charge in [-0.1, -0.05) is 12.1 Å². The zero-order valence-corrected chi connectivity index (χ0v) is 7.79. The first-order valence-electron chi connectivity index (χ1n) is 2.24. The summed E-state index contributed by atoms with van der Waals surface area (Å²) >= 11 is 2.07. The van der Waals surface area contributed by atoms with Gasteiger partial charge in [0, 0.05) is 0 Å². The highest BCUT2D eigenvalue weighted by molar-refractivity contribution is 14.1. The molecule has 0 saturated carbocycles. The summed E-state index contributed by atoms with van der Waals surface area (Å²) in [6, 6.07) is 7.22. The van der Waals surface area contributed by atoms with Crippen molar-refractivity contribution in [3.8, 4) is 5.75 Å². The number of para-hydroxylation sites is 1. The summed E-state index contributed by atoms with van der Waals surface area (Å²) in [7, 11) is 0. The molecule has 50 valence electrons. The van der Waals surface area contributed by atoms with Crippen molar-refractivity contribution in [1.29, 1.82) is 0 Å². The number of hydrogen-bond acceptors (Lipinski definition) is 1. The molecule has 0 spiro atoms. The smallest absolute Gasteiger partial charge is 0.128 e. The lowest BCUT2D eigenvalue weighted by Crippen LogP contribution is -1.67. The molecule has 1 aromatic rings. The largest absolute Gasteiger partial charge is 0.507 e. The Morgan fingerprint density at radius 3 is 2.11 bits per heavy atom. The molecule has 0 amide bonds. The molecule has 0 saturated heterocycles. The molecule has 0 aliphatic rings. The summed E-state index contributed by atoms with van der Waals surface area (Å²) in [4.78, 5) is 0. The fourth-order valence-corrected chi connectivity index (χ4v) is 0.839. The van der Waals surface area contributed by atoms with Crippen LogP contribution in [-0.2, 0) is 0 Å². The van der Waals surface area contributed by atoms with Gasteiger partial charge in [0.05, 0.1) is 3.57 Å². The van der Waals surface area contributed by atoms with Crippen molar-refractivity contribution in [3.63, 3.8) is 0 Å². The molecule has 0 bridgehead atoms. The van der Waals surface area contributed by atoms with Gasteiger partial charge in [0.25, 0.3) is 0 Å². The van der Waals surface area contributed by atoms with Gasteiger partial charge in [-0.25, -0.2) is 0 Å². The minimum absolute atomic E-state index is 0. The van der Waals surface area contributed by atoms with Crippen molar-refractivity contribution in [3.05, 3.63) is 27.8 Å². The van der Waals surface area contributed by atoms with E-state index in [1.54, 1.807) is 12.1 Å². The third kappa shape index (κ3) is 2.45. The molecule has 0 aliphatic carbocycles. The summed E-state index contributed by atoms with van der Waals surface area (Å²) in [6.45, 7) is 0. The van der Waals surface area contributed by atoms with Crippen LogP contribution >= 0.6 is 36.1 Å². The first-order valence-corrected chi connectivity index (χ1v) is 3.32. The van der Waals surface area contributed by atoms with E-state index in [4.69, 9.17) is 5.11 Å². The molecule has 3 heteroatoms. The number of phenolic OH excluding ortho intramolecular Hbond substituents is 1. The lowest BCUT2D eigenvalue weighted by Gasteiger charge is -1.90. The van der Waals surface area contributed by atoms with Crippen LogP contribution in [0.5, 0.6) is 5.75 Å². The normalized spacial score (nSPS) is 8.11. The van der Waals surface area contributed by atoms with Gasteiger partial charge in [-0.2, -0.15) is 13.5 Å². The second-order valence-electron chi connectivity index (χ2n) is 1.45. The summed E-state index contributed by atoms with van der Waals surface area (Å²) in [5.41, 5.74) is 0. The van der Waals surface area contributed by atoms with Crippen molar-refractivity contribution in [1.82, 2.24) is 0 Å². The molecule has 0 heterocycles. The predicted molar refractivity (Wildman–Crippen MR) is 51.2 cm³/mol. The third-order valence-electron chi connectivity index (χ3n) is 0.852. The van der Waals surface area contributed by atoms with E-state index in [9.17, 15) is 0 Å². The van der Waals surface area contributed by atoms with E-state index >= 15 is 0 Å². The molecule has 1 aromatic carbocycles. The molecule has 0 aromatic heterocycles. The average molecular weight is 254 g/mol. The lowest BCUT2D eigenvalue weighted by atomic mass is 10.3. The second-order valence-corrected chi connectivity index (χ2v) is 2.61. The van der Waals surface area contributed by atoms with Crippen LogP contribution in [0.1, 0.15) is 0 Å². The van der Waals surface area contributed by atoms with Crippen LogP contribution in [0.25, 0.3) is 0 Å². The zero-order valence-electron chi connectivity index (χ0n) is 4.63. The molecule has 0 radical (unpaired) electrons. The summed E-state index contributed by atoms with van der Waals surface area (Å²) < 4.78 is 0.894. The van der Waals surface area contributed by atoms with Gasteiger partial charge in [0.2, 0.25) is 0 Å². The highest BCUT2D eigenvalue weighted by Gasteiger charge is 1.89. The quantitative estimate of drug-likeness (QED) is 0.703. The number of hydrogen-bond donors (Lipinski definition) is 1.